The molecule has 0 aromatic heterocycles. The minimum absolute atomic E-state index is 0.443. The summed E-state index contributed by atoms with van der Waals surface area (Å²) in [7, 11) is 3.24. The fourth-order valence-electron chi connectivity index (χ4n) is 3.16. The van der Waals surface area contributed by atoms with Gasteiger partial charge in [-0.25, -0.2) is 0 Å². The van der Waals surface area contributed by atoms with Crippen molar-refractivity contribution in [1.29, 1.82) is 0 Å². The molecule has 0 spiro atoms. The van der Waals surface area contributed by atoms with Gasteiger partial charge in [-0.15, -0.1) is 0 Å². The van der Waals surface area contributed by atoms with Gasteiger partial charge in [0.15, 0.2) is 11.5 Å². The molecule has 4 heteroatoms. The van der Waals surface area contributed by atoms with E-state index in [-0.39, 0.29) is 0 Å². The molecule has 3 nitrogen and oxygen atoms in total. The van der Waals surface area contributed by atoms with Crippen molar-refractivity contribution in [3.05, 3.63) is 22.7 Å². The van der Waals surface area contributed by atoms with Crippen molar-refractivity contribution >= 4 is 11.6 Å². The van der Waals surface area contributed by atoms with Gasteiger partial charge in [-0.1, -0.05) is 37.8 Å². The van der Waals surface area contributed by atoms with Crippen LogP contribution in [0.3, 0.4) is 0 Å². The van der Waals surface area contributed by atoms with Gasteiger partial charge in [-0.2, -0.15) is 0 Å². The second-order valence-electron chi connectivity index (χ2n) is 6.29. The van der Waals surface area contributed by atoms with Gasteiger partial charge in [0.25, 0.3) is 0 Å². The summed E-state index contributed by atoms with van der Waals surface area (Å²) in [6, 6.07) is 3.93. The van der Waals surface area contributed by atoms with Gasteiger partial charge >= 0.3 is 0 Å². The maximum Gasteiger partial charge on any atom is 0.179 e. The fourth-order valence-corrected chi connectivity index (χ4v) is 3.47. The molecule has 0 heterocycles. The van der Waals surface area contributed by atoms with E-state index in [9.17, 15) is 0 Å². The summed E-state index contributed by atoms with van der Waals surface area (Å²) < 4.78 is 10.6. The van der Waals surface area contributed by atoms with Crippen molar-refractivity contribution in [2.45, 2.75) is 45.6 Å². The van der Waals surface area contributed by atoms with E-state index in [0.717, 1.165) is 18.7 Å². The first-order valence-corrected chi connectivity index (χ1v) is 8.07. The third-order valence-corrected chi connectivity index (χ3v) is 4.72. The Morgan fingerprint density at radius 3 is 2.48 bits per heavy atom. The molecule has 0 amide bonds. The quantitative estimate of drug-likeness (QED) is 0.843. The lowest BCUT2D eigenvalue weighted by molar-refractivity contribution is 0.207. The summed E-state index contributed by atoms with van der Waals surface area (Å²) in [6.45, 7) is 4.25. The Kier molecular flexibility index (Phi) is 5.77. The molecule has 1 aliphatic rings. The molecule has 1 fully saturated rings. The Balaban J connectivity index is 1.95. The smallest absolute Gasteiger partial charge is 0.179 e. The third-order valence-electron chi connectivity index (χ3n) is 4.43. The highest BCUT2D eigenvalue weighted by molar-refractivity contribution is 6.32. The minimum atomic E-state index is 0.443. The van der Waals surface area contributed by atoms with E-state index in [2.05, 4.69) is 12.2 Å². The molecular formula is C17H26ClNO2. The van der Waals surface area contributed by atoms with E-state index in [0.29, 0.717) is 21.9 Å². The van der Waals surface area contributed by atoms with Gasteiger partial charge in [0, 0.05) is 13.1 Å². The lowest BCUT2D eigenvalue weighted by Crippen LogP contribution is -2.33. The molecular weight excluding hydrogens is 286 g/mol. The van der Waals surface area contributed by atoms with Crippen LogP contribution in [0.4, 0.5) is 0 Å². The van der Waals surface area contributed by atoms with Crippen LogP contribution in [0.25, 0.3) is 0 Å². The van der Waals surface area contributed by atoms with Gasteiger partial charge in [-0.05, 0) is 36.0 Å². The standard InChI is InChI=1S/C17H26ClNO2/c1-17(7-5-4-6-8-17)12-19-11-13-9-14(18)16(21-3)15(10-13)20-2/h9-10,19H,4-8,11-12H2,1-3H3. The zero-order valence-corrected chi connectivity index (χ0v) is 14.1. The molecule has 1 saturated carbocycles. The van der Waals surface area contributed by atoms with Gasteiger partial charge < -0.3 is 14.8 Å². The lowest BCUT2D eigenvalue weighted by atomic mass is 9.76. The monoisotopic (exact) mass is 311 g/mol. The van der Waals surface area contributed by atoms with E-state index in [1.165, 1.54) is 32.1 Å². The van der Waals surface area contributed by atoms with Gasteiger partial charge in [-0.3, -0.25) is 0 Å². The Morgan fingerprint density at radius 1 is 1.14 bits per heavy atom. The van der Waals surface area contributed by atoms with E-state index in [4.69, 9.17) is 21.1 Å². The molecule has 21 heavy (non-hydrogen) atoms. The molecule has 0 bridgehead atoms. The molecule has 0 aliphatic heterocycles. The molecule has 1 aromatic carbocycles. The Bertz CT molecular complexity index is 470. The summed E-state index contributed by atoms with van der Waals surface area (Å²) in [5.74, 6) is 1.29. The summed E-state index contributed by atoms with van der Waals surface area (Å²) in [5.41, 5.74) is 1.57. The number of benzene rings is 1. The van der Waals surface area contributed by atoms with Crippen molar-refractivity contribution in [2.24, 2.45) is 5.41 Å². The van der Waals surface area contributed by atoms with Crippen LogP contribution in [0.2, 0.25) is 5.02 Å². The van der Waals surface area contributed by atoms with Crippen molar-refractivity contribution < 1.29 is 9.47 Å². The Hall–Kier alpha value is -0.930. The summed E-state index contributed by atoms with van der Waals surface area (Å²) in [5, 5.41) is 4.17. The second kappa shape index (κ2) is 7.37. The van der Waals surface area contributed by atoms with Gasteiger partial charge in [0.1, 0.15) is 0 Å². The predicted molar refractivity (Wildman–Crippen MR) is 87.5 cm³/mol. The number of hydrogen-bond donors (Lipinski definition) is 1. The normalized spacial score (nSPS) is 17.5. The average molecular weight is 312 g/mol. The van der Waals surface area contributed by atoms with Crippen LogP contribution in [0, 0.1) is 5.41 Å². The van der Waals surface area contributed by atoms with Crippen LogP contribution in [-0.4, -0.2) is 20.8 Å². The first-order chi connectivity index (χ1) is 10.1. The van der Waals surface area contributed by atoms with E-state index >= 15 is 0 Å². The highest BCUT2D eigenvalue weighted by Crippen LogP contribution is 2.37. The SMILES string of the molecule is COc1cc(CNCC2(C)CCCCC2)cc(Cl)c1OC. The Labute approximate surface area is 133 Å². The molecule has 1 aliphatic carbocycles. The van der Waals surface area contributed by atoms with E-state index < -0.39 is 0 Å². The highest BCUT2D eigenvalue weighted by Gasteiger charge is 2.26. The molecule has 1 aromatic rings. The molecule has 1 N–H and O–H groups in total. The maximum atomic E-state index is 6.24. The van der Waals surface area contributed by atoms with Crippen molar-refractivity contribution in [3.63, 3.8) is 0 Å². The number of nitrogens with one attached hydrogen (secondary N) is 1. The molecule has 0 radical (unpaired) electrons. The predicted octanol–water partition coefficient (Wildman–Crippen LogP) is 4.42. The zero-order valence-electron chi connectivity index (χ0n) is 13.3. The second-order valence-corrected chi connectivity index (χ2v) is 6.70. The van der Waals surface area contributed by atoms with Crippen LogP contribution in [-0.2, 0) is 6.54 Å². The first-order valence-electron chi connectivity index (χ1n) is 7.69. The summed E-state index contributed by atoms with van der Waals surface area (Å²) >= 11 is 6.24. The largest absolute Gasteiger partial charge is 0.493 e. The summed E-state index contributed by atoms with van der Waals surface area (Å²) in [6.07, 6.45) is 6.76. The van der Waals surface area contributed by atoms with Crippen molar-refractivity contribution in [2.75, 3.05) is 20.8 Å². The van der Waals surface area contributed by atoms with Crippen molar-refractivity contribution in [3.8, 4) is 11.5 Å². The Morgan fingerprint density at radius 2 is 1.86 bits per heavy atom. The van der Waals surface area contributed by atoms with E-state index in [1.807, 2.05) is 12.1 Å². The third kappa shape index (κ3) is 4.27. The van der Waals surface area contributed by atoms with Gasteiger partial charge in [0.2, 0.25) is 0 Å². The lowest BCUT2D eigenvalue weighted by Gasteiger charge is -2.33. The summed E-state index contributed by atoms with van der Waals surface area (Å²) in [4.78, 5) is 0. The van der Waals surface area contributed by atoms with Crippen LogP contribution in [0.5, 0.6) is 11.5 Å². The maximum absolute atomic E-state index is 6.24. The topological polar surface area (TPSA) is 30.5 Å². The number of rotatable bonds is 6. The number of ether oxygens (including phenoxy) is 2. The number of methoxy groups -OCH3 is 2. The fraction of sp³-hybridized carbons (Fsp3) is 0.647. The molecule has 0 saturated heterocycles. The average Bonchev–Trinajstić information content (AvgIpc) is 2.47. The molecule has 0 atom stereocenters. The van der Waals surface area contributed by atoms with Crippen molar-refractivity contribution in [1.82, 2.24) is 5.32 Å². The molecule has 0 unspecified atom stereocenters. The number of halogens is 1. The highest BCUT2D eigenvalue weighted by atomic mass is 35.5. The first kappa shape index (κ1) is 16.4. The minimum Gasteiger partial charge on any atom is -0.493 e. The zero-order chi connectivity index (χ0) is 15.3. The molecule has 118 valence electrons. The van der Waals surface area contributed by atoms with E-state index in [1.54, 1.807) is 14.2 Å². The number of hydrogen-bond acceptors (Lipinski definition) is 3. The van der Waals surface area contributed by atoms with Crippen LogP contribution < -0.4 is 14.8 Å². The molecule has 2 rings (SSSR count). The van der Waals surface area contributed by atoms with Crippen LogP contribution >= 0.6 is 11.6 Å². The van der Waals surface area contributed by atoms with Gasteiger partial charge in [0.05, 0.1) is 19.2 Å². The van der Waals surface area contributed by atoms with Crippen LogP contribution in [0.15, 0.2) is 12.1 Å². The van der Waals surface area contributed by atoms with Crippen LogP contribution in [0.1, 0.15) is 44.6 Å².